The van der Waals surface area contributed by atoms with Crippen LogP contribution >= 0.6 is 0 Å². The summed E-state index contributed by atoms with van der Waals surface area (Å²) in [6.45, 7) is 22.6. The van der Waals surface area contributed by atoms with Gasteiger partial charge in [-0.1, -0.05) is 103 Å². The smallest absolute Gasteiger partial charge is 0.509 e. The Kier molecular flexibility index (Phi) is 10.2. The summed E-state index contributed by atoms with van der Waals surface area (Å²) in [7, 11) is 0. The van der Waals surface area contributed by atoms with Gasteiger partial charge in [-0.15, -0.1) is 35.7 Å². The fourth-order valence-corrected chi connectivity index (χ4v) is 7.21. The minimum atomic E-state index is -0.0195. The molecular weight excluding hydrogens is 820 g/mol. The second kappa shape index (κ2) is 14.2. The first-order chi connectivity index (χ1) is 24.2. The van der Waals surface area contributed by atoms with Crippen molar-refractivity contribution in [2.24, 2.45) is 11.3 Å². The Morgan fingerprint density at radius 1 is 0.750 bits per heavy atom. The van der Waals surface area contributed by atoms with Gasteiger partial charge in [-0.2, -0.15) is 17.2 Å². The number of fused-ring (bicyclic) bond motifs is 3. The molecule has 0 amide bonds. The number of benzene rings is 4. The summed E-state index contributed by atoms with van der Waals surface area (Å²) in [6, 6.07) is 38.8. The summed E-state index contributed by atoms with van der Waals surface area (Å²) in [6.07, 6.45) is 1.91. The number of aromatic nitrogens is 4. The summed E-state index contributed by atoms with van der Waals surface area (Å²) >= 11 is 0. The Morgan fingerprint density at radius 2 is 1.48 bits per heavy atom. The second-order valence-electron chi connectivity index (χ2n) is 16.1. The van der Waals surface area contributed by atoms with Crippen LogP contribution < -0.4 is 4.74 Å². The molecule has 3 aromatic heterocycles. The fourth-order valence-electron chi connectivity index (χ4n) is 7.21. The molecule has 2 unspecified atom stereocenters. The van der Waals surface area contributed by atoms with Crippen molar-refractivity contribution < 1.29 is 25.8 Å². The first kappa shape index (κ1) is 37.3. The molecule has 0 aliphatic carbocycles. The van der Waals surface area contributed by atoms with Crippen LogP contribution in [0.3, 0.4) is 0 Å². The van der Waals surface area contributed by atoms with E-state index in [1.54, 1.807) is 0 Å². The molecule has 0 radical (unpaired) electrons. The number of ether oxygens (including phenoxy) is 1. The van der Waals surface area contributed by atoms with E-state index in [0.29, 0.717) is 23.3 Å². The molecule has 4 aromatic carbocycles. The molecular formula is C46H48N4OPt. The number of aryl methyl sites for hydroxylation is 1. The van der Waals surface area contributed by atoms with E-state index in [9.17, 15) is 0 Å². The molecule has 0 aliphatic rings. The van der Waals surface area contributed by atoms with Gasteiger partial charge in [0.05, 0.1) is 5.69 Å². The van der Waals surface area contributed by atoms with Gasteiger partial charge in [0.25, 0.3) is 0 Å². The van der Waals surface area contributed by atoms with E-state index in [2.05, 4.69) is 147 Å². The van der Waals surface area contributed by atoms with E-state index in [1.807, 2.05) is 41.2 Å². The largest absolute Gasteiger partial charge is 2.00 e. The molecule has 0 fully saturated rings. The van der Waals surface area contributed by atoms with E-state index in [4.69, 9.17) is 14.8 Å². The van der Waals surface area contributed by atoms with Crippen LogP contribution in [0.4, 0.5) is 0 Å². The summed E-state index contributed by atoms with van der Waals surface area (Å²) in [5.41, 5.74) is 9.91. The Balaban J connectivity index is 0.00000464. The summed E-state index contributed by atoms with van der Waals surface area (Å²) < 4.78 is 10.7. The van der Waals surface area contributed by atoms with Gasteiger partial charge in [0.15, 0.2) is 0 Å². The predicted octanol–water partition coefficient (Wildman–Crippen LogP) is 12.1. The molecule has 2 atom stereocenters. The molecule has 6 heteroatoms. The standard InChI is InChI=1S/C46H48N4O.Pt/c1-29(30(2)45(5,6)7)34-19-22-41-40(25-34)39-21-20-38(28-42(39)49(41)43-26-35(23-24-47-43)46(8,9)10)51-37-18-14-17-36(27-37)50-32(4)44(31(3)48-50)33-15-12-11-13-16-33;/h11-26,29-30H,1-10H3;/q-2;+2. The fraction of sp³-hybridized carbons (Fsp3) is 0.304. The maximum Gasteiger partial charge on any atom is 2.00 e. The third-order valence-corrected chi connectivity index (χ3v) is 10.7. The van der Waals surface area contributed by atoms with Crippen molar-refractivity contribution in [3.63, 3.8) is 0 Å². The Hall–Kier alpha value is -4.47. The van der Waals surface area contributed by atoms with Gasteiger partial charge in [-0.05, 0) is 82.5 Å². The van der Waals surface area contributed by atoms with Gasteiger partial charge in [0, 0.05) is 34.5 Å². The molecule has 0 aliphatic heterocycles. The van der Waals surface area contributed by atoms with Gasteiger partial charge in [0.2, 0.25) is 0 Å². The third kappa shape index (κ3) is 7.00. The first-order valence-corrected chi connectivity index (χ1v) is 18.0. The predicted molar refractivity (Wildman–Crippen MR) is 211 cm³/mol. The van der Waals surface area contributed by atoms with Crippen LogP contribution in [-0.2, 0) is 26.5 Å². The first-order valence-electron chi connectivity index (χ1n) is 18.0. The molecule has 7 rings (SSSR count). The summed E-state index contributed by atoms with van der Waals surface area (Å²) in [4.78, 5) is 4.90. The molecule has 0 bridgehead atoms. The van der Waals surface area contributed by atoms with E-state index < -0.39 is 0 Å². The minimum absolute atomic E-state index is 0. The Morgan fingerprint density at radius 3 is 2.19 bits per heavy atom. The Labute approximate surface area is 323 Å². The van der Waals surface area contributed by atoms with Crippen LogP contribution in [0.5, 0.6) is 11.5 Å². The van der Waals surface area contributed by atoms with Gasteiger partial charge in [0.1, 0.15) is 5.82 Å². The van der Waals surface area contributed by atoms with E-state index in [0.717, 1.165) is 50.4 Å². The Bertz CT molecular complexity index is 2370. The third-order valence-electron chi connectivity index (χ3n) is 10.7. The van der Waals surface area contributed by atoms with Crippen molar-refractivity contribution >= 4 is 21.8 Å². The average molecular weight is 868 g/mol. The van der Waals surface area contributed by atoms with Crippen LogP contribution in [0.15, 0.2) is 97.2 Å². The minimum Gasteiger partial charge on any atom is -0.509 e. The molecule has 0 N–H and O–H groups in total. The van der Waals surface area contributed by atoms with Crippen molar-refractivity contribution in [1.82, 2.24) is 19.3 Å². The zero-order valence-electron chi connectivity index (χ0n) is 31.9. The van der Waals surface area contributed by atoms with Gasteiger partial charge in [-0.25, -0.2) is 4.98 Å². The van der Waals surface area contributed by atoms with Crippen molar-refractivity contribution in [3.05, 3.63) is 132 Å². The quantitative estimate of drug-likeness (QED) is 0.150. The van der Waals surface area contributed by atoms with Crippen molar-refractivity contribution in [2.45, 2.75) is 80.6 Å². The monoisotopic (exact) mass is 867 g/mol. The molecule has 0 saturated carbocycles. The van der Waals surface area contributed by atoms with Gasteiger partial charge < -0.3 is 9.30 Å². The number of hydrogen-bond acceptors (Lipinski definition) is 3. The van der Waals surface area contributed by atoms with E-state index in [1.165, 1.54) is 16.5 Å². The van der Waals surface area contributed by atoms with Crippen molar-refractivity contribution in [2.75, 3.05) is 0 Å². The SMILES string of the molecule is Cc1nn(-c2[c-]c(Oc3[c-]c4c(cc3)c3cc(C(C)C(C)C(C)(C)C)ccc3n4-c3cc(C(C)(C)C)ccn3)ccc2)c(C)c1-c1ccccc1.[Pt+2]. The number of rotatable bonds is 7. The zero-order chi connectivity index (χ0) is 36.2. The van der Waals surface area contributed by atoms with Crippen molar-refractivity contribution in [3.8, 4) is 34.1 Å². The summed E-state index contributed by atoms with van der Waals surface area (Å²) in [5, 5.41) is 7.20. The molecule has 52 heavy (non-hydrogen) atoms. The normalized spacial score (nSPS) is 13.3. The average Bonchev–Trinajstić information content (AvgIpc) is 3.59. The topological polar surface area (TPSA) is 44.9 Å². The molecule has 3 heterocycles. The number of hydrogen-bond donors (Lipinski definition) is 0. The number of pyridine rings is 1. The zero-order valence-corrected chi connectivity index (χ0v) is 34.2. The van der Waals surface area contributed by atoms with Crippen molar-refractivity contribution in [1.29, 1.82) is 0 Å². The van der Waals surface area contributed by atoms with Crippen LogP contribution in [-0.4, -0.2) is 19.3 Å². The van der Waals surface area contributed by atoms with Crippen LogP contribution in [0, 0.1) is 37.3 Å². The van der Waals surface area contributed by atoms with E-state index >= 15 is 0 Å². The molecule has 7 aromatic rings. The molecule has 0 saturated heterocycles. The second-order valence-corrected chi connectivity index (χ2v) is 16.1. The molecule has 268 valence electrons. The summed E-state index contributed by atoms with van der Waals surface area (Å²) in [5.74, 6) is 2.98. The maximum atomic E-state index is 6.52. The number of nitrogens with zero attached hydrogens (tertiary/aromatic N) is 4. The molecule has 0 spiro atoms. The van der Waals surface area contributed by atoms with Crippen LogP contribution in [0.25, 0.3) is 44.4 Å². The van der Waals surface area contributed by atoms with Gasteiger partial charge in [-0.3, -0.25) is 4.68 Å². The van der Waals surface area contributed by atoms with E-state index in [-0.39, 0.29) is 31.9 Å². The molecule has 5 nitrogen and oxygen atoms in total. The maximum absolute atomic E-state index is 6.52. The van der Waals surface area contributed by atoms with Crippen LogP contribution in [0.1, 0.15) is 83.8 Å². The van der Waals surface area contributed by atoms with Gasteiger partial charge >= 0.3 is 21.1 Å². The van der Waals surface area contributed by atoms with Crippen LogP contribution in [0.2, 0.25) is 0 Å².